The molecular formula is C14H24N2O4. The number of hydrogen-bond donors (Lipinski definition) is 3. The lowest BCUT2D eigenvalue weighted by Crippen LogP contribution is -2.53. The highest BCUT2D eigenvalue weighted by Gasteiger charge is 2.38. The molecule has 114 valence electrons. The molecule has 6 nitrogen and oxygen atoms in total. The van der Waals surface area contributed by atoms with E-state index in [1.807, 2.05) is 6.92 Å². The molecule has 0 aromatic heterocycles. The first kappa shape index (κ1) is 15.1. The van der Waals surface area contributed by atoms with E-state index in [2.05, 4.69) is 10.6 Å². The van der Waals surface area contributed by atoms with Crippen molar-refractivity contribution in [2.45, 2.75) is 63.0 Å². The molecule has 0 spiro atoms. The molecule has 2 aliphatic rings. The fourth-order valence-electron chi connectivity index (χ4n) is 3.22. The fourth-order valence-corrected chi connectivity index (χ4v) is 3.22. The van der Waals surface area contributed by atoms with E-state index < -0.39 is 11.5 Å². The summed E-state index contributed by atoms with van der Waals surface area (Å²) in [5, 5.41) is 14.7. The SMILES string of the molecule is CC1(CNC(=O)NC2(CC(=O)O)CCCC2)CCCO1. The van der Waals surface area contributed by atoms with Crippen molar-refractivity contribution in [3.05, 3.63) is 0 Å². The molecule has 0 aromatic rings. The van der Waals surface area contributed by atoms with Gasteiger partial charge in [-0.3, -0.25) is 4.79 Å². The van der Waals surface area contributed by atoms with Crippen molar-refractivity contribution < 1.29 is 19.4 Å². The van der Waals surface area contributed by atoms with Crippen LogP contribution in [-0.4, -0.2) is 41.4 Å². The van der Waals surface area contributed by atoms with Gasteiger partial charge in [0, 0.05) is 13.2 Å². The zero-order valence-corrected chi connectivity index (χ0v) is 12.0. The average Bonchev–Trinajstić information content (AvgIpc) is 2.97. The second kappa shape index (κ2) is 5.99. The molecule has 2 rings (SSSR count). The molecule has 1 unspecified atom stereocenters. The van der Waals surface area contributed by atoms with Gasteiger partial charge in [0.25, 0.3) is 0 Å². The van der Waals surface area contributed by atoms with Gasteiger partial charge in [0.05, 0.1) is 17.6 Å². The summed E-state index contributed by atoms with van der Waals surface area (Å²) in [6.45, 7) is 3.19. The van der Waals surface area contributed by atoms with E-state index in [0.717, 1.165) is 45.1 Å². The summed E-state index contributed by atoms with van der Waals surface area (Å²) in [5.41, 5.74) is -0.861. The van der Waals surface area contributed by atoms with Crippen LogP contribution >= 0.6 is 0 Å². The van der Waals surface area contributed by atoms with E-state index in [1.165, 1.54) is 0 Å². The van der Waals surface area contributed by atoms with Crippen LogP contribution < -0.4 is 10.6 Å². The Hall–Kier alpha value is -1.30. The molecular weight excluding hydrogens is 260 g/mol. The number of ether oxygens (including phenoxy) is 1. The Bertz CT molecular complexity index is 371. The maximum atomic E-state index is 12.0. The minimum atomic E-state index is -0.863. The number of carboxylic acids is 1. The van der Waals surface area contributed by atoms with Gasteiger partial charge >= 0.3 is 12.0 Å². The lowest BCUT2D eigenvalue weighted by Gasteiger charge is -2.30. The summed E-state index contributed by atoms with van der Waals surface area (Å²) in [7, 11) is 0. The average molecular weight is 284 g/mol. The van der Waals surface area contributed by atoms with Crippen LogP contribution in [0.1, 0.15) is 51.9 Å². The van der Waals surface area contributed by atoms with Gasteiger partial charge in [-0.1, -0.05) is 12.8 Å². The monoisotopic (exact) mass is 284 g/mol. The Labute approximate surface area is 119 Å². The number of amides is 2. The number of urea groups is 1. The molecule has 1 saturated carbocycles. The summed E-state index contributed by atoms with van der Waals surface area (Å²) in [6, 6.07) is -0.287. The number of rotatable bonds is 5. The zero-order valence-electron chi connectivity index (χ0n) is 12.0. The second-order valence-corrected chi connectivity index (χ2v) is 6.27. The second-order valence-electron chi connectivity index (χ2n) is 6.27. The Morgan fingerprint density at radius 1 is 1.20 bits per heavy atom. The largest absolute Gasteiger partial charge is 0.481 e. The van der Waals surface area contributed by atoms with Gasteiger partial charge in [-0.05, 0) is 32.6 Å². The van der Waals surface area contributed by atoms with Gasteiger partial charge in [0.15, 0.2) is 0 Å². The third-order valence-electron chi connectivity index (χ3n) is 4.35. The Balaban J connectivity index is 1.84. The molecule has 1 heterocycles. The van der Waals surface area contributed by atoms with Gasteiger partial charge in [-0.2, -0.15) is 0 Å². The van der Waals surface area contributed by atoms with Crippen LogP contribution in [0.15, 0.2) is 0 Å². The quantitative estimate of drug-likeness (QED) is 0.716. The molecule has 0 bridgehead atoms. The van der Waals surface area contributed by atoms with Crippen LogP contribution in [0, 0.1) is 0 Å². The smallest absolute Gasteiger partial charge is 0.315 e. The third kappa shape index (κ3) is 3.85. The van der Waals surface area contributed by atoms with Gasteiger partial charge in [-0.15, -0.1) is 0 Å². The number of nitrogens with one attached hydrogen (secondary N) is 2. The minimum absolute atomic E-state index is 0.00577. The molecule has 3 N–H and O–H groups in total. The van der Waals surface area contributed by atoms with Crippen LogP contribution in [0.4, 0.5) is 4.79 Å². The number of carboxylic acid groups (broad SMARTS) is 1. The van der Waals surface area contributed by atoms with E-state index in [9.17, 15) is 9.59 Å². The third-order valence-corrected chi connectivity index (χ3v) is 4.35. The van der Waals surface area contributed by atoms with Crippen molar-refractivity contribution >= 4 is 12.0 Å². The highest BCUT2D eigenvalue weighted by atomic mass is 16.5. The van der Waals surface area contributed by atoms with Crippen molar-refractivity contribution in [3.8, 4) is 0 Å². The first-order chi connectivity index (χ1) is 9.43. The van der Waals surface area contributed by atoms with E-state index in [4.69, 9.17) is 9.84 Å². The van der Waals surface area contributed by atoms with Crippen molar-refractivity contribution in [2.24, 2.45) is 0 Å². The molecule has 2 amide bonds. The normalized spacial score (nSPS) is 28.2. The zero-order chi connectivity index (χ0) is 14.6. The molecule has 1 saturated heterocycles. The van der Waals surface area contributed by atoms with Gasteiger partial charge in [0.2, 0.25) is 0 Å². The minimum Gasteiger partial charge on any atom is -0.481 e. The Morgan fingerprint density at radius 3 is 2.45 bits per heavy atom. The molecule has 6 heteroatoms. The summed E-state index contributed by atoms with van der Waals surface area (Å²) in [4.78, 5) is 23.0. The topological polar surface area (TPSA) is 87.7 Å². The molecule has 0 radical (unpaired) electrons. The number of hydrogen-bond acceptors (Lipinski definition) is 3. The van der Waals surface area contributed by atoms with Crippen molar-refractivity contribution in [3.63, 3.8) is 0 Å². The maximum absolute atomic E-state index is 12.0. The maximum Gasteiger partial charge on any atom is 0.315 e. The van der Waals surface area contributed by atoms with Crippen LogP contribution in [-0.2, 0) is 9.53 Å². The predicted octanol–water partition coefficient (Wildman–Crippen LogP) is 1.64. The summed E-state index contributed by atoms with van der Waals surface area (Å²) >= 11 is 0. The van der Waals surface area contributed by atoms with Crippen LogP contribution in [0.3, 0.4) is 0 Å². The van der Waals surface area contributed by atoms with Crippen molar-refractivity contribution in [1.29, 1.82) is 0 Å². The number of aliphatic carboxylic acids is 1. The van der Waals surface area contributed by atoms with Crippen molar-refractivity contribution in [2.75, 3.05) is 13.2 Å². The Kier molecular flexibility index (Phi) is 4.52. The molecule has 0 aromatic carbocycles. The summed E-state index contributed by atoms with van der Waals surface area (Å²) in [6.07, 6.45) is 5.36. The van der Waals surface area contributed by atoms with E-state index in [0.29, 0.717) is 6.54 Å². The molecule has 2 fully saturated rings. The first-order valence-corrected chi connectivity index (χ1v) is 7.35. The van der Waals surface area contributed by atoms with Crippen LogP contribution in [0.25, 0.3) is 0 Å². The highest BCUT2D eigenvalue weighted by Crippen LogP contribution is 2.32. The van der Waals surface area contributed by atoms with Crippen molar-refractivity contribution in [1.82, 2.24) is 10.6 Å². The summed E-state index contributed by atoms with van der Waals surface area (Å²) in [5.74, 6) is -0.863. The lowest BCUT2D eigenvalue weighted by molar-refractivity contribution is -0.138. The van der Waals surface area contributed by atoms with Gasteiger partial charge < -0.3 is 20.5 Å². The van der Waals surface area contributed by atoms with E-state index in [1.54, 1.807) is 0 Å². The Morgan fingerprint density at radius 2 is 1.90 bits per heavy atom. The highest BCUT2D eigenvalue weighted by molar-refractivity contribution is 5.77. The number of carbonyl (C=O) groups excluding carboxylic acids is 1. The summed E-state index contributed by atoms with van der Waals surface area (Å²) < 4.78 is 5.61. The number of carbonyl (C=O) groups is 2. The fraction of sp³-hybridized carbons (Fsp3) is 0.857. The molecule has 1 atom stereocenters. The molecule has 20 heavy (non-hydrogen) atoms. The lowest BCUT2D eigenvalue weighted by atomic mass is 9.93. The van der Waals surface area contributed by atoms with Crippen LogP contribution in [0.5, 0.6) is 0 Å². The van der Waals surface area contributed by atoms with Gasteiger partial charge in [0.1, 0.15) is 0 Å². The van der Waals surface area contributed by atoms with E-state index in [-0.39, 0.29) is 18.1 Å². The molecule has 1 aliphatic heterocycles. The predicted molar refractivity (Wildman–Crippen MR) is 73.6 cm³/mol. The van der Waals surface area contributed by atoms with Crippen LogP contribution in [0.2, 0.25) is 0 Å². The van der Waals surface area contributed by atoms with Gasteiger partial charge in [-0.25, -0.2) is 4.79 Å². The molecule has 1 aliphatic carbocycles. The first-order valence-electron chi connectivity index (χ1n) is 7.35. The standard InChI is InChI=1S/C14H24N2O4/c1-13(5-4-8-20-13)10-15-12(19)16-14(9-11(17)18)6-2-3-7-14/h2-10H2,1H3,(H,17,18)(H2,15,16,19). The van der Waals surface area contributed by atoms with E-state index >= 15 is 0 Å².